The Morgan fingerprint density at radius 1 is 0.956 bits per heavy atom. The van der Waals surface area contributed by atoms with Crippen molar-refractivity contribution in [2.75, 3.05) is 10.8 Å². The Bertz CT molecular complexity index is 1850. The van der Waals surface area contributed by atoms with Crippen LogP contribution in [0.4, 0.5) is 5.69 Å². The molecule has 0 radical (unpaired) electrons. The highest BCUT2D eigenvalue weighted by Crippen LogP contribution is 2.31. The smallest absolute Gasteiger partial charge is 0.328 e. The Labute approximate surface area is 270 Å². The van der Waals surface area contributed by atoms with E-state index in [1.165, 1.54) is 30.3 Å². The lowest BCUT2D eigenvalue weighted by Gasteiger charge is -2.23. The van der Waals surface area contributed by atoms with E-state index in [9.17, 15) is 27.9 Å². The number of nitrogens with two attached hydrogens (primary N) is 1. The van der Waals surface area contributed by atoms with Gasteiger partial charge in [0, 0.05) is 22.2 Å². The number of amides is 1. The Hall–Kier alpha value is -4.16. The van der Waals surface area contributed by atoms with Crippen molar-refractivity contribution in [2.45, 2.75) is 43.9 Å². The zero-order valence-electron chi connectivity index (χ0n) is 24.6. The van der Waals surface area contributed by atoms with Gasteiger partial charge in [-0.2, -0.15) is 0 Å². The highest BCUT2D eigenvalue weighted by Gasteiger charge is 2.28. The molecule has 45 heavy (non-hydrogen) atoms. The van der Waals surface area contributed by atoms with Crippen LogP contribution in [0, 0.1) is 0 Å². The molecule has 0 aromatic heterocycles. The maximum absolute atomic E-state index is 13.5. The predicted molar refractivity (Wildman–Crippen MR) is 173 cm³/mol. The molecule has 0 saturated carbocycles. The molecular formula is C32H31Cl2N3O7S. The summed E-state index contributed by atoms with van der Waals surface area (Å²) in [5.41, 5.74) is 7.12. The second kappa shape index (κ2) is 13.5. The SMILES string of the molecule is CC(C)(C)OC(=O)C(N)c1ccc(CNC(=O)c2cccc3cc(N(CC(=O)O)S(=O)(=O)c4cc(Cl)cc(Cl)c4)ccc23)cc1. The summed E-state index contributed by atoms with van der Waals surface area (Å²) in [5, 5.41) is 13.6. The number of nitrogens with zero attached hydrogens (tertiary/aromatic N) is 1. The molecular weight excluding hydrogens is 641 g/mol. The van der Waals surface area contributed by atoms with Crippen LogP contribution in [0.3, 0.4) is 0 Å². The normalized spacial score (nSPS) is 12.4. The lowest BCUT2D eigenvalue weighted by atomic mass is 10.0. The molecule has 4 rings (SSSR count). The molecule has 0 heterocycles. The maximum Gasteiger partial charge on any atom is 0.328 e. The van der Waals surface area contributed by atoms with Crippen LogP contribution in [0.1, 0.15) is 48.3 Å². The van der Waals surface area contributed by atoms with Crippen molar-refractivity contribution in [3.05, 3.63) is 106 Å². The number of carbonyl (C=O) groups is 3. The molecule has 13 heteroatoms. The maximum atomic E-state index is 13.5. The lowest BCUT2D eigenvalue weighted by molar-refractivity contribution is -0.156. The molecule has 236 valence electrons. The number of hydrogen-bond acceptors (Lipinski definition) is 7. The number of rotatable bonds is 10. The van der Waals surface area contributed by atoms with Crippen LogP contribution in [-0.2, 0) is 30.9 Å². The third kappa shape index (κ3) is 8.31. The molecule has 4 N–H and O–H groups in total. The van der Waals surface area contributed by atoms with Crippen LogP contribution in [0.15, 0.2) is 83.8 Å². The third-order valence-electron chi connectivity index (χ3n) is 6.55. The summed E-state index contributed by atoms with van der Waals surface area (Å²) in [7, 11) is -4.38. The zero-order chi connectivity index (χ0) is 33.1. The molecule has 0 bridgehead atoms. The third-order valence-corrected chi connectivity index (χ3v) is 8.74. The second-order valence-corrected chi connectivity index (χ2v) is 13.9. The molecule has 0 spiro atoms. The minimum absolute atomic E-state index is 0.0724. The molecule has 4 aromatic rings. The number of fused-ring (bicyclic) bond motifs is 1. The number of anilines is 1. The molecule has 0 aliphatic rings. The van der Waals surface area contributed by atoms with Gasteiger partial charge in [0.1, 0.15) is 18.2 Å². The van der Waals surface area contributed by atoms with Crippen molar-refractivity contribution in [3.8, 4) is 0 Å². The number of hydrogen-bond donors (Lipinski definition) is 3. The Morgan fingerprint density at radius 3 is 2.20 bits per heavy atom. The first kappa shape index (κ1) is 33.7. The summed E-state index contributed by atoms with van der Waals surface area (Å²) in [4.78, 5) is 36.9. The minimum atomic E-state index is -4.38. The van der Waals surface area contributed by atoms with Gasteiger partial charge in [0.2, 0.25) is 0 Å². The molecule has 1 unspecified atom stereocenters. The van der Waals surface area contributed by atoms with Crippen molar-refractivity contribution in [2.24, 2.45) is 5.73 Å². The quantitative estimate of drug-likeness (QED) is 0.181. The number of ether oxygens (including phenoxy) is 1. The van der Waals surface area contributed by atoms with Gasteiger partial charge in [-0.15, -0.1) is 0 Å². The van der Waals surface area contributed by atoms with Crippen LogP contribution in [0.2, 0.25) is 10.0 Å². The molecule has 0 fully saturated rings. The van der Waals surface area contributed by atoms with Gasteiger partial charge in [0.05, 0.1) is 10.6 Å². The fourth-order valence-corrected chi connectivity index (χ4v) is 6.62. The van der Waals surface area contributed by atoms with Crippen molar-refractivity contribution in [3.63, 3.8) is 0 Å². The van der Waals surface area contributed by atoms with Gasteiger partial charge in [0.25, 0.3) is 15.9 Å². The van der Waals surface area contributed by atoms with Gasteiger partial charge in [-0.1, -0.05) is 65.7 Å². The molecule has 0 aliphatic carbocycles. The van der Waals surface area contributed by atoms with Crippen LogP contribution in [0.25, 0.3) is 10.8 Å². The van der Waals surface area contributed by atoms with Gasteiger partial charge in [-0.25, -0.2) is 13.2 Å². The summed E-state index contributed by atoms with van der Waals surface area (Å²) < 4.78 is 33.1. The first-order valence-electron chi connectivity index (χ1n) is 13.6. The van der Waals surface area contributed by atoms with Gasteiger partial charge in [0.15, 0.2) is 0 Å². The van der Waals surface area contributed by atoms with Gasteiger partial charge >= 0.3 is 11.9 Å². The van der Waals surface area contributed by atoms with E-state index in [2.05, 4.69) is 5.32 Å². The van der Waals surface area contributed by atoms with Gasteiger partial charge in [-0.05, 0) is 79.1 Å². The van der Waals surface area contributed by atoms with E-state index in [-0.39, 0.29) is 33.1 Å². The van der Waals surface area contributed by atoms with E-state index < -0.39 is 40.1 Å². The van der Waals surface area contributed by atoms with E-state index >= 15 is 0 Å². The van der Waals surface area contributed by atoms with Crippen molar-refractivity contribution in [1.29, 1.82) is 0 Å². The molecule has 4 aromatic carbocycles. The summed E-state index contributed by atoms with van der Waals surface area (Å²) in [6.07, 6.45) is 0. The van der Waals surface area contributed by atoms with Crippen molar-refractivity contribution >= 4 is 67.5 Å². The largest absolute Gasteiger partial charge is 0.480 e. The predicted octanol–water partition coefficient (Wildman–Crippen LogP) is 5.70. The first-order chi connectivity index (χ1) is 21.0. The fraction of sp³-hybridized carbons (Fsp3) is 0.219. The number of carboxylic acid groups (broad SMARTS) is 1. The number of carboxylic acids is 1. The van der Waals surface area contributed by atoms with Gasteiger partial charge < -0.3 is 20.9 Å². The average molecular weight is 673 g/mol. The highest BCUT2D eigenvalue weighted by molar-refractivity contribution is 7.92. The van der Waals surface area contributed by atoms with Crippen LogP contribution in [-0.4, -0.2) is 43.5 Å². The fourth-order valence-electron chi connectivity index (χ4n) is 4.49. The second-order valence-electron chi connectivity index (χ2n) is 11.2. The van der Waals surface area contributed by atoms with Gasteiger partial charge in [-0.3, -0.25) is 13.9 Å². The minimum Gasteiger partial charge on any atom is -0.480 e. The molecule has 10 nitrogen and oxygen atoms in total. The first-order valence-corrected chi connectivity index (χ1v) is 15.8. The van der Waals surface area contributed by atoms with E-state index in [1.807, 2.05) is 0 Å². The molecule has 0 aliphatic heterocycles. The molecule has 0 saturated heterocycles. The molecule has 1 atom stereocenters. The van der Waals surface area contributed by atoms with E-state index in [1.54, 1.807) is 69.3 Å². The molecule has 1 amide bonds. The number of carbonyl (C=O) groups excluding carboxylic acids is 2. The summed E-state index contributed by atoms with van der Waals surface area (Å²) >= 11 is 12.0. The van der Waals surface area contributed by atoms with E-state index in [4.69, 9.17) is 33.7 Å². The number of benzene rings is 4. The van der Waals surface area contributed by atoms with E-state index in [0.717, 1.165) is 9.87 Å². The van der Waals surface area contributed by atoms with E-state index in [0.29, 0.717) is 21.9 Å². The Balaban J connectivity index is 1.54. The number of sulfonamides is 1. The number of esters is 1. The Morgan fingerprint density at radius 2 is 1.60 bits per heavy atom. The highest BCUT2D eigenvalue weighted by atomic mass is 35.5. The lowest BCUT2D eigenvalue weighted by Crippen LogP contribution is -2.35. The number of nitrogens with one attached hydrogen (secondary N) is 1. The van der Waals surface area contributed by atoms with Crippen molar-refractivity contribution < 1.29 is 32.6 Å². The van der Waals surface area contributed by atoms with Crippen LogP contribution in [0.5, 0.6) is 0 Å². The summed E-state index contributed by atoms with van der Waals surface area (Å²) in [6.45, 7) is 4.60. The number of aliphatic carboxylic acids is 1. The summed E-state index contributed by atoms with van der Waals surface area (Å²) in [5.74, 6) is -2.30. The summed E-state index contributed by atoms with van der Waals surface area (Å²) in [6, 6.07) is 19.1. The van der Waals surface area contributed by atoms with Crippen LogP contribution < -0.4 is 15.4 Å². The average Bonchev–Trinajstić information content (AvgIpc) is 2.96. The Kier molecular flexibility index (Phi) is 10.1. The van der Waals surface area contributed by atoms with Crippen LogP contribution >= 0.6 is 23.2 Å². The number of halogens is 2. The standard InChI is InChI=1S/C32H31Cl2N3O7S/c1-32(2,3)44-31(41)29(35)20-9-7-19(8-10-20)17-36-30(40)27-6-4-5-21-13-24(11-12-26(21)27)37(18-28(38)39)45(42,43)25-15-22(33)14-23(34)16-25/h4-16,29H,17-18,35H2,1-3H3,(H,36,40)(H,38,39). The monoisotopic (exact) mass is 671 g/mol. The van der Waals surface area contributed by atoms with Crippen molar-refractivity contribution in [1.82, 2.24) is 5.32 Å². The zero-order valence-corrected chi connectivity index (χ0v) is 26.9. The topological polar surface area (TPSA) is 156 Å².